The van der Waals surface area contributed by atoms with Crippen LogP contribution in [0.5, 0.6) is 0 Å². The number of likely N-dealkylation sites (tertiary alicyclic amines) is 1. The van der Waals surface area contributed by atoms with Crippen LogP contribution in [0.15, 0.2) is 15.7 Å². The molecule has 154 valence electrons. The van der Waals surface area contributed by atoms with Gasteiger partial charge in [-0.05, 0) is 31.7 Å². The van der Waals surface area contributed by atoms with E-state index in [0.29, 0.717) is 25.8 Å². The van der Waals surface area contributed by atoms with Crippen molar-refractivity contribution in [3.8, 4) is 0 Å². The Balaban J connectivity index is 2.22. The molecule has 1 aliphatic heterocycles. The smallest absolute Gasteiger partial charge is 0.325 e. The Kier molecular flexibility index (Phi) is 5.16. The van der Waals surface area contributed by atoms with Crippen LogP contribution in [0.1, 0.15) is 43.1 Å². The lowest BCUT2D eigenvalue weighted by Crippen LogP contribution is -2.51. The molecule has 10 heteroatoms. The number of rotatable bonds is 3. The van der Waals surface area contributed by atoms with Crippen molar-refractivity contribution in [3.63, 3.8) is 0 Å². The topological polar surface area (TPSA) is 69.2 Å². The maximum atomic E-state index is 13.5. The van der Waals surface area contributed by atoms with Crippen LogP contribution in [0.3, 0.4) is 0 Å². The number of aromatic nitrogens is 3. The third-order valence-electron chi connectivity index (χ3n) is 5.30. The van der Waals surface area contributed by atoms with Crippen molar-refractivity contribution < 1.29 is 18.0 Å². The SMILES string of the molecule is CCCn1c(C(=O)N2CCCCC2C(F)(F)F)cc2c(=O)n(C)c(=O)n(C)c21. The summed E-state index contributed by atoms with van der Waals surface area (Å²) in [4.78, 5) is 38.8. The number of amides is 1. The Labute approximate surface area is 159 Å². The average molecular weight is 400 g/mol. The number of piperidine rings is 1. The molecule has 2 aromatic rings. The Morgan fingerprint density at radius 2 is 1.86 bits per heavy atom. The van der Waals surface area contributed by atoms with Crippen molar-refractivity contribution in [1.29, 1.82) is 0 Å². The molecule has 2 aromatic heterocycles. The Morgan fingerprint density at radius 1 is 1.18 bits per heavy atom. The monoisotopic (exact) mass is 400 g/mol. The van der Waals surface area contributed by atoms with Crippen LogP contribution in [0, 0.1) is 0 Å². The molecule has 1 aliphatic rings. The second-order valence-electron chi connectivity index (χ2n) is 7.18. The van der Waals surface area contributed by atoms with Gasteiger partial charge in [-0.1, -0.05) is 6.92 Å². The van der Waals surface area contributed by atoms with Gasteiger partial charge < -0.3 is 9.47 Å². The number of hydrogen-bond donors (Lipinski definition) is 0. The first-order valence-electron chi connectivity index (χ1n) is 9.26. The molecule has 0 N–H and O–H groups in total. The third-order valence-corrected chi connectivity index (χ3v) is 5.30. The van der Waals surface area contributed by atoms with E-state index in [-0.39, 0.29) is 29.7 Å². The predicted octanol–water partition coefficient (Wildman–Crippen LogP) is 2.01. The van der Waals surface area contributed by atoms with Crippen LogP contribution < -0.4 is 11.2 Å². The molecule has 1 amide bonds. The molecule has 0 spiro atoms. The van der Waals surface area contributed by atoms with E-state index in [0.717, 1.165) is 9.47 Å². The van der Waals surface area contributed by atoms with Crippen molar-refractivity contribution >= 4 is 16.9 Å². The highest BCUT2D eigenvalue weighted by Crippen LogP contribution is 2.33. The number of alkyl halides is 3. The van der Waals surface area contributed by atoms with Crippen LogP contribution >= 0.6 is 0 Å². The zero-order valence-electron chi connectivity index (χ0n) is 16.0. The molecule has 1 saturated heterocycles. The molecule has 0 aromatic carbocycles. The van der Waals surface area contributed by atoms with E-state index in [2.05, 4.69) is 0 Å². The Morgan fingerprint density at radius 3 is 2.46 bits per heavy atom. The van der Waals surface area contributed by atoms with Crippen molar-refractivity contribution in [3.05, 3.63) is 32.6 Å². The van der Waals surface area contributed by atoms with E-state index in [1.807, 2.05) is 6.92 Å². The summed E-state index contributed by atoms with van der Waals surface area (Å²) >= 11 is 0. The predicted molar refractivity (Wildman–Crippen MR) is 97.4 cm³/mol. The van der Waals surface area contributed by atoms with Crippen LogP contribution in [-0.2, 0) is 20.6 Å². The van der Waals surface area contributed by atoms with Crippen LogP contribution in [-0.4, -0.2) is 43.3 Å². The van der Waals surface area contributed by atoms with E-state index < -0.39 is 29.4 Å². The summed E-state index contributed by atoms with van der Waals surface area (Å²) in [6.45, 7) is 2.15. The number of carbonyl (C=O) groups excluding carboxylic acids is 1. The minimum absolute atomic E-state index is 0.00583. The minimum Gasteiger partial charge on any atom is -0.325 e. The van der Waals surface area contributed by atoms with Gasteiger partial charge in [-0.25, -0.2) is 4.79 Å². The first-order valence-corrected chi connectivity index (χ1v) is 9.26. The fourth-order valence-electron chi connectivity index (χ4n) is 3.93. The third kappa shape index (κ3) is 3.14. The van der Waals surface area contributed by atoms with Crippen molar-refractivity contribution in [1.82, 2.24) is 18.6 Å². The van der Waals surface area contributed by atoms with Gasteiger partial charge in [0, 0.05) is 27.2 Å². The Hall–Kier alpha value is -2.52. The van der Waals surface area contributed by atoms with Gasteiger partial charge in [0.15, 0.2) is 0 Å². The highest BCUT2D eigenvalue weighted by molar-refractivity contribution is 5.98. The fourth-order valence-corrected chi connectivity index (χ4v) is 3.93. The quantitative estimate of drug-likeness (QED) is 0.792. The van der Waals surface area contributed by atoms with E-state index in [4.69, 9.17) is 0 Å². The maximum absolute atomic E-state index is 13.5. The molecule has 3 rings (SSSR count). The van der Waals surface area contributed by atoms with Gasteiger partial charge in [0.25, 0.3) is 11.5 Å². The average Bonchev–Trinajstić information content (AvgIpc) is 3.03. The van der Waals surface area contributed by atoms with Crippen molar-refractivity contribution in [2.45, 2.75) is 51.4 Å². The first-order chi connectivity index (χ1) is 13.1. The summed E-state index contributed by atoms with van der Waals surface area (Å²) in [6, 6.07) is -0.523. The van der Waals surface area contributed by atoms with E-state index >= 15 is 0 Å². The second-order valence-corrected chi connectivity index (χ2v) is 7.18. The fraction of sp³-hybridized carbons (Fsp3) is 0.611. The van der Waals surface area contributed by atoms with E-state index in [1.165, 1.54) is 29.3 Å². The van der Waals surface area contributed by atoms with Crippen molar-refractivity contribution in [2.24, 2.45) is 14.1 Å². The summed E-state index contributed by atoms with van der Waals surface area (Å²) in [5.41, 5.74) is -0.878. The summed E-state index contributed by atoms with van der Waals surface area (Å²) in [5, 5.41) is 0.141. The lowest BCUT2D eigenvalue weighted by molar-refractivity contribution is -0.183. The zero-order chi connectivity index (χ0) is 20.8. The number of carbonyl (C=O) groups is 1. The van der Waals surface area contributed by atoms with Gasteiger partial charge in [-0.15, -0.1) is 0 Å². The lowest BCUT2D eigenvalue weighted by Gasteiger charge is -2.36. The molecular formula is C18H23F3N4O3. The molecule has 7 nitrogen and oxygen atoms in total. The lowest BCUT2D eigenvalue weighted by atomic mass is 10.0. The van der Waals surface area contributed by atoms with Gasteiger partial charge >= 0.3 is 11.9 Å². The molecule has 0 bridgehead atoms. The second kappa shape index (κ2) is 7.14. The minimum atomic E-state index is -4.51. The summed E-state index contributed by atoms with van der Waals surface area (Å²) in [6.07, 6.45) is -3.17. The summed E-state index contributed by atoms with van der Waals surface area (Å²) < 4.78 is 44.0. The molecule has 1 unspecified atom stereocenters. The number of aryl methyl sites for hydroxylation is 2. The standard InChI is InChI=1S/C18H23F3N4O3/c1-4-8-24-12(10-11-14(24)22(2)17(28)23(3)15(11)26)16(27)25-9-6-5-7-13(25)18(19,20)21/h10,13H,4-9H2,1-3H3. The zero-order valence-corrected chi connectivity index (χ0v) is 16.0. The molecular weight excluding hydrogens is 377 g/mol. The van der Waals surface area contributed by atoms with Crippen LogP contribution in [0.25, 0.3) is 11.0 Å². The molecule has 0 radical (unpaired) electrons. The Bertz CT molecular complexity index is 1030. The van der Waals surface area contributed by atoms with Gasteiger partial charge in [0.2, 0.25) is 0 Å². The van der Waals surface area contributed by atoms with Gasteiger partial charge in [0.1, 0.15) is 17.4 Å². The first kappa shape index (κ1) is 20.2. The maximum Gasteiger partial charge on any atom is 0.408 e. The van der Waals surface area contributed by atoms with Crippen LogP contribution in [0.4, 0.5) is 13.2 Å². The molecule has 0 saturated carbocycles. The van der Waals surface area contributed by atoms with E-state index in [9.17, 15) is 27.6 Å². The molecule has 3 heterocycles. The molecule has 0 aliphatic carbocycles. The molecule has 1 fully saturated rings. The normalized spacial score (nSPS) is 18.1. The molecule has 28 heavy (non-hydrogen) atoms. The van der Waals surface area contributed by atoms with Gasteiger partial charge in [-0.3, -0.25) is 18.7 Å². The summed E-state index contributed by atoms with van der Waals surface area (Å²) in [7, 11) is 2.80. The van der Waals surface area contributed by atoms with Crippen molar-refractivity contribution in [2.75, 3.05) is 6.54 Å². The highest BCUT2D eigenvalue weighted by atomic mass is 19.4. The van der Waals surface area contributed by atoms with Crippen LogP contribution in [0.2, 0.25) is 0 Å². The summed E-state index contributed by atoms with van der Waals surface area (Å²) in [5.74, 6) is -0.763. The number of halogens is 3. The van der Waals surface area contributed by atoms with E-state index in [1.54, 1.807) is 0 Å². The highest BCUT2D eigenvalue weighted by Gasteiger charge is 2.46. The van der Waals surface area contributed by atoms with Gasteiger partial charge in [-0.2, -0.15) is 13.2 Å². The number of hydrogen-bond acceptors (Lipinski definition) is 3. The largest absolute Gasteiger partial charge is 0.408 e. The number of fused-ring (bicyclic) bond motifs is 1. The number of nitrogens with zero attached hydrogens (tertiary/aromatic N) is 4. The van der Waals surface area contributed by atoms with Gasteiger partial charge in [0.05, 0.1) is 5.39 Å². The molecule has 1 atom stereocenters.